The van der Waals surface area contributed by atoms with Crippen LogP contribution in [0.4, 0.5) is 4.39 Å². The third kappa shape index (κ3) is 3.44. The SMILES string of the molecule is CCCC(=O)N1CC2(C1)CN(C(=O)c1ccc(F)cc1)[C@@H](CO)c1[nH]c3cc(OC)ccc3c12. The summed E-state index contributed by atoms with van der Waals surface area (Å²) in [6, 6.07) is 10.6. The first-order valence-corrected chi connectivity index (χ1v) is 11.6. The zero-order valence-electron chi connectivity index (χ0n) is 19.3. The van der Waals surface area contributed by atoms with Crippen molar-refractivity contribution in [1.29, 1.82) is 0 Å². The number of ether oxygens (including phenoxy) is 1. The molecular weight excluding hydrogens is 437 g/mol. The van der Waals surface area contributed by atoms with Gasteiger partial charge in [0, 0.05) is 54.3 Å². The average Bonchev–Trinajstić information content (AvgIpc) is 3.20. The number of likely N-dealkylation sites (tertiary alicyclic amines) is 1. The number of aliphatic hydroxyl groups is 1. The minimum absolute atomic E-state index is 0.108. The number of nitrogens with zero attached hydrogens (tertiary/aromatic N) is 2. The molecule has 5 rings (SSSR count). The van der Waals surface area contributed by atoms with Gasteiger partial charge in [-0.15, -0.1) is 0 Å². The van der Waals surface area contributed by atoms with Crippen molar-refractivity contribution in [2.75, 3.05) is 33.4 Å². The maximum atomic E-state index is 13.5. The number of benzene rings is 2. The lowest BCUT2D eigenvalue weighted by molar-refractivity contribution is -0.140. The van der Waals surface area contributed by atoms with Crippen LogP contribution in [0.15, 0.2) is 42.5 Å². The van der Waals surface area contributed by atoms with Gasteiger partial charge < -0.3 is 24.6 Å². The van der Waals surface area contributed by atoms with E-state index in [0.29, 0.717) is 37.4 Å². The van der Waals surface area contributed by atoms with Crippen LogP contribution in [0.25, 0.3) is 10.9 Å². The van der Waals surface area contributed by atoms with E-state index in [0.717, 1.165) is 28.6 Å². The maximum Gasteiger partial charge on any atom is 0.254 e. The molecule has 1 atom stereocenters. The third-order valence-corrected chi connectivity index (χ3v) is 7.08. The van der Waals surface area contributed by atoms with E-state index in [1.165, 1.54) is 24.3 Å². The molecule has 2 aliphatic rings. The first-order chi connectivity index (χ1) is 16.4. The normalized spacial score (nSPS) is 18.6. The first kappa shape index (κ1) is 22.4. The number of hydrogen-bond acceptors (Lipinski definition) is 4. The van der Waals surface area contributed by atoms with Gasteiger partial charge in [0.2, 0.25) is 5.91 Å². The molecule has 0 saturated carbocycles. The second kappa shape index (κ2) is 8.43. The number of methoxy groups -OCH3 is 1. The highest BCUT2D eigenvalue weighted by atomic mass is 19.1. The Morgan fingerprint density at radius 1 is 1.18 bits per heavy atom. The molecule has 178 valence electrons. The van der Waals surface area contributed by atoms with E-state index in [-0.39, 0.29) is 18.4 Å². The molecule has 1 saturated heterocycles. The minimum atomic E-state index is -0.586. The predicted octanol–water partition coefficient (Wildman–Crippen LogP) is 3.39. The fourth-order valence-electron chi connectivity index (χ4n) is 5.47. The minimum Gasteiger partial charge on any atom is -0.497 e. The number of H-pyrrole nitrogens is 1. The largest absolute Gasteiger partial charge is 0.497 e. The molecular formula is C26H28FN3O4. The highest BCUT2D eigenvalue weighted by Gasteiger charge is 2.54. The van der Waals surface area contributed by atoms with Crippen LogP contribution in [0.2, 0.25) is 0 Å². The number of aromatic nitrogens is 1. The number of aromatic amines is 1. The second-order valence-corrected chi connectivity index (χ2v) is 9.24. The number of amides is 2. The van der Waals surface area contributed by atoms with E-state index in [1.807, 2.05) is 30.0 Å². The summed E-state index contributed by atoms with van der Waals surface area (Å²) in [5.74, 6) is 0.116. The summed E-state index contributed by atoms with van der Waals surface area (Å²) < 4.78 is 18.8. The monoisotopic (exact) mass is 465 g/mol. The fraction of sp³-hybridized carbons (Fsp3) is 0.385. The number of nitrogens with one attached hydrogen (secondary N) is 1. The third-order valence-electron chi connectivity index (χ3n) is 7.08. The molecule has 2 N–H and O–H groups in total. The molecule has 8 heteroatoms. The molecule has 0 unspecified atom stereocenters. The number of aliphatic hydroxyl groups excluding tert-OH is 1. The fourth-order valence-corrected chi connectivity index (χ4v) is 5.47. The van der Waals surface area contributed by atoms with E-state index in [1.54, 1.807) is 12.0 Å². The van der Waals surface area contributed by atoms with Gasteiger partial charge in [0.05, 0.1) is 25.2 Å². The van der Waals surface area contributed by atoms with Crippen molar-refractivity contribution in [2.24, 2.45) is 0 Å². The summed E-state index contributed by atoms with van der Waals surface area (Å²) in [7, 11) is 1.61. The van der Waals surface area contributed by atoms with Crippen molar-refractivity contribution in [3.63, 3.8) is 0 Å². The Morgan fingerprint density at radius 3 is 2.56 bits per heavy atom. The van der Waals surface area contributed by atoms with Gasteiger partial charge in [-0.25, -0.2) is 4.39 Å². The molecule has 2 amide bonds. The Kier molecular flexibility index (Phi) is 5.56. The van der Waals surface area contributed by atoms with Crippen molar-refractivity contribution >= 4 is 22.7 Å². The number of carbonyl (C=O) groups is 2. The molecule has 1 fully saturated rings. The molecule has 3 heterocycles. The molecule has 1 spiro atoms. The van der Waals surface area contributed by atoms with E-state index in [2.05, 4.69) is 4.98 Å². The molecule has 3 aromatic rings. The smallest absolute Gasteiger partial charge is 0.254 e. The summed E-state index contributed by atoms with van der Waals surface area (Å²) in [5, 5.41) is 11.4. The van der Waals surface area contributed by atoms with Gasteiger partial charge in [-0.1, -0.05) is 6.92 Å². The standard InChI is InChI=1S/C26H28FN3O4/c1-3-4-22(32)29-13-26(14-29)15-30(25(33)16-5-7-17(27)8-6-16)21(12-31)24-23(26)19-10-9-18(34-2)11-20(19)28-24/h5-11,21,28,31H,3-4,12-15H2,1-2H3/t21-/m0/s1. The summed E-state index contributed by atoms with van der Waals surface area (Å²) in [6.07, 6.45) is 1.27. The summed E-state index contributed by atoms with van der Waals surface area (Å²) in [6.45, 7) is 3.08. The number of halogens is 1. The quantitative estimate of drug-likeness (QED) is 0.605. The molecule has 2 aromatic carbocycles. The lowest BCUT2D eigenvalue weighted by Crippen LogP contribution is -2.68. The number of rotatable bonds is 5. The van der Waals surface area contributed by atoms with Crippen molar-refractivity contribution < 1.29 is 23.8 Å². The van der Waals surface area contributed by atoms with Gasteiger partial charge in [0.25, 0.3) is 5.91 Å². The van der Waals surface area contributed by atoms with Crippen molar-refractivity contribution in [3.8, 4) is 5.75 Å². The Labute approximate surface area is 197 Å². The first-order valence-electron chi connectivity index (χ1n) is 11.6. The van der Waals surface area contributed by atoms with Crippen LogP contribution in [0, 0.1) is 5.82 Å². The van der Waals surface area contributed by atoms with Gasteiger partial charge in [-0.2, -0.15) is 0 Å². The van der Waals surface area contributed by atoms with Gasteiger partial charge in [0.15, 0.2) is 0 Å². The highest BCUT2D eigenvalue weighted by Crippen LogP contribution is 2.49. The maximum absolute atomic E-state index is 13.5. The van der Waals surface area contributed by atoms with Crippen LogP contribution in [0.5, 0.6) is 5.75 Å². The predicted molar refractivity (Wildman–Crippen MR) is 125 cm³/mol. The summed E-state index contributed by atoms with van der Waals surface area (Å²) in [4.78, 5) is 33.0. The van der Waals surface area contributed by atoms with E-state index >= 15 is 0 Å². The zero-order chi connectivity index (χ0) is 24.0. The lowest BCUT2D eigenvalue weighted by Gasteiger charge is -2.56. The Hall–Kier alpha value is -3.39. The Bertz CT molecular complexity index is 1250. The molecule has 2 aliphatic heterocycles. The average molecular weight is 466 g/mol. The Morgan fingerprint density at radius 2 is 1.91 bits per heavy atom. The molecule has 0 bridgehead atoms. The molecule has 0 aliphatic carbocycles. The van der Waals surface area contributed by atoms with Crippen LogP contribution < -0.4 is 4.74 Å². The van der Waals surface area contributed by atoms with Gasteiger partial charge in [0.1, 0.15) is 11.6 Å². The highest BCUT2D eigenvalue weighted by molar-refractivity contribution is 5.96. The molecule has 7 nitrogen and oxygen atoms in total. The van der Waals surface area contributed by atoms with Crippen molar-refractivity contribution in [3.05, 3.63) is 65.1 Å². The molecule has 0 radical (unpaired) electrons. The number of carbonyl (C=O) groups excluding carboxylic acids is 2. The van der Waals surface area contributed by atoms with Crippen LogP contribution >= 0.6 is 0 Å². The van der Waals surface area contributed by atoms with Crippen molar-refractivity contribution in [1.82, 2.24) is 14.8 Å². The zero-order valence-corrected chi connectivity index (χ0v) is 19.3. The summed E-state index contributed by atoms with van der Waals surface area (Å²) in [5.41, 5.74) is 2.58. The molecule has 1 aromatic heterocycles. The van der Waals surface area contributed by atoms with Crippen LogP contribution in [0.1, 0.15) is 47.4 Å². The van der Waals surface area contributed by atoms with E-state index < -0.39 is 17.3 Å². The van der Waals surface area contributed by atoms with Gasteiger partial charge in [-0.05, 0) is 48.4 Å². The van der Waals surface area contributed by atoms with Gasteiger partial charge in [-0.3, -0.25) is 9.59 Å². The molecule has 34 heavy (non-hydrogen) atoms. The number of hydrogen-bond donors (Lipinski definition) is 2. The van der Waals surface area contributed by atoms with Crippen LogP contribution in [0.3, 0.4) is 0 Å². The van der Waals surface area contributed by atoms with E-state index in [9.17, 15) is 19.1 Å². The topological polar surface area (TPSA) is 85.9 Å². The number of fused-ring (bicyclic) bond motifs is 4. The van der Waals surface area contributed by atoms with Gasteiger partial charge >= 0.3 is 0 Å². The van der Waals surface area contributed by atoms with Crippen molar-refractivity contribution in [2.45, 2.75) is 31.2 Å². The summed E-state index contributed by atoms with van der Waals surface area (Å²) >= 11 is 0. The van der Waals surface area contributed by atoms with Crippen LogP contribution in [-0.4, -0.2) is 65.1 Å². The lowest BCUT2D eigenvalue weighted by atomic mass is 9.68. The Balaban J connectivity index is 1.61. The van der Waals surface area contributed by atoms with Crippen LogP contribution in [-0.2, 0) is 10.2 Å². The second-order valence-electron chi connectivity index (χ2n) is 9.24. The van der Waals surface area contributed by atoms with E-state index in [4.69, 9.17) is 4.74 Å².